The average molecular weight is 323 g/mol. The number of hydrogen-bond donors (Lipinski definition) is 1. The molecule has 19 heavy (non-hydrogen) atoms. The molecule has 0 amide bonds. The number of aliphatic imine (C=N–C) groups is 1. The van der Waals surface area contributed by atoms with Crippen molar-refractivity contribution >= 4 is 40.5 Å². The van der Waals surface area contributed by atoms with Crippen LogP contribution in [-0.2, 0) is 0 Å². The number of alkyl halides is 3. The van der Waals surface area contributed by atoms with Gasteiger partial charge in [-0.3, -0.25) is 5.32 Å². The Morgan fingerprint density at radius 3 is 2.58 bits per heavy atom. The Labute approximate surface area is 124 Å². The number of allylic oxidation sites excluding steroid dienone is 3. The molecule has 102 valence electrons. The standard InChI is InChI=1S/C11H10Cl3N3O2/c1-6-9(17(18)19)16-8-3-4-10(12,13)5-7(8)11(6,14)15-2/h3-5,15H,1-2H3. The number of nitrogens with one attached hydrogen (secondary N) is 1. The fourth-order valence-electron chi connectivity index (χ4n) is 2.02. The maximum absolute atomic E-state index is 11.0. The number of fused-ring (bicyclic) bond motifs is 1. The molecule has 1 aliphatic carbocycles. The maximum Gasteiger partial charge on any atom is 0.366 e. The quantitative estimate of drug-likeness (QED) is 0.368. The zero-order valence-electron chi connectivity index (χ0n) is 10.1. The maximum atomic E-state index is 11.0. The van der Waals surface area contributed by atoms with Crippen LogP contribution in [0.25, 0.3) is 0 Å². The Bertz CT molecular complexity index is 578. The number of nitro groups is 1. The van der Waals surface area contributed by atoms with E-state index >= 15 is 0 Å². The highest BCUT2D eigenvalue weighted by molar-refractivity contribution is 6.52. The third kappa shape index (κ3) is 2.31. The molecule has 2 rings (SSSR count). The largest absolute Gasteiger partial charge is 0.366 e. The Hall–Kier alpha value is -0.880. The van der Waals surface area contributed by atoms with Gasteiger partial charge in [0.15, 0.2) is 15.0 Å². The van der Waals surface area contributed by atoms with E-state index in [1.807, 2.05) is 0 Å². The van der Waals surface area contributed by atoms with Crippen LogP contribution in [0.5, 0.6) is 0 Å². The van der Waals surface area contributed by atoms with Gasteiger partial charge in [-0.15, -0.1) is 0 Å². The van der Waals surface area contributed by atoms with Gasteiger partial charge in [0.2, 0.25) is 0 Å². The Balaban J connectivity index is 2.68. The van der Waals surface area contributed by atoms with E-state index in [2.05, 4.69) is 10.3 Å². The summed E-state index contributed by atoms with van der Waals surface area (Å²) in [5.74, 6) is -0.280. The van der Waals surface area contributed by atoms with Crippen LogP contribution in [0.3, 0.4) is 0 Å². The van der Waals surface area contributed by atoms with Crippen molar-refractivity contribution in [2.45, 2.75) is 16.3 Å². The molecule has 0 bridgehead atoms. The fraction of sp³-hybridized carbons (Fsp3) is 0.364. The van der Waals surface area contributed by atoms with Crippen LogP contribution in [0.4, 0.5) is 0 Å². The van der Waals surface area contributed by atoms with E-state index in [-0.39, 0.29) is 11.4 Å². The van der Waals surface area contributed by atoms with Crippen molar-refractivity contribution < 1.29 is 4.92 Å². The Morgan fingerprint density at radius 2 is 2.05 bits per heavy atom. The molecule has 0 radical (unpaired) electrons. The molecule has 5 nitrogen and oxygen atoms in total. The number of halogens is 3. The fourth-order valence-corrected chi connectivity index (χ4v) is 2.60. The topological polar surface area (TPSA) is 67.5 Å². The van der Waals surface area contributed by atoms with Gasteiger partial charge in [0.05, 0.1) is 5.57 Å². The SMILES string of the molecule is CNC1(Cl)C2=CC(Cl)(Cl)C=CC2=NC([N+](=O)[O-])=C1C. The second-order valence-electron chi connectivity index (χ2n) is 4.18. The molecular formula is C11H10Cl3N3O2. The molecule has 0 saturated heterocycles. The third-order valence-corrected chi connectivity index (χ3v) is 4.19. The van der Waals surface area contributed by atoms with Crippen LogP contribution >= 0.6 is 34.8 Å². The summed E-state index contributed by atoms with van der Waals surface area (Å²) in [6.45, 7) is 1.55. The molecule has 2 aliphatic rings. The molecule has 1 N–H and O–H groups in total. The highest BCUT2D eigenvalue weighted by atomic mass is 35.5. The predicted octanol–water partition coefficient (Wildman–Crippen LogP) is 2.77. The smallest absolute Gasteiger partial charge is 0.358 e. The minimum atomic E-state index is -1.25. The molecule has 1 heterocycles. The Morgan fingerprint density at radius 1 is 1.42 bits per heavy atom. The van der Waals surface area contributed by atoms with Crippen LogP contribution in [0, 0.1) is 10.1 Å². The van der Waals surface area contributed by atoms with Gasteiger partial charge in [-0.1, -0.05) is 34.8 Å². The summed E-state index contributed by atoms with van der Waals surface area (Å²) in [5.41, 5.74) is 1.17. The summed E-state index contributed by atoms with van der Waals surface area (Å²) in [6.07, 6.45) is 4.54. The van der Waals surface area contributed by atoms with Crippen molar-refractivity contribution in [1.29, 1.82) is 0 Å². The monoisotopic (exact) mass is 321 g/mol. The van der Waals surface area contributed by atoms with Crippen LogP contribution < -0.4 is 5.32 Å². The lowest BCUT2D eigenvalue weighted by Crippen LogP contribution is -2.47. The van der Waals surface area contributed by atoms with E-state index in [9.17, 15) is 10.1 Å². The summed E-state index contributed by atoms with van der Waals surface area (Å²) in [4.78, 5) is 13.2. The molecule has 1 aliphatic heterocycles. The normalized spacial score (nSPS) is 28.7. The summed E-state index contributed by atoms with van der Waals surface area (Å²) in [7, 11) is 1.60. The van der Waals surface area contributed by atoms with E-state index in [0.717, 1.165) is 0 Å². The van der Waals surface area contributed by atoms with Crippen molar-refractivity contribution in [3.63, 3.8) is 0 Å². The van der Waals surface area contributed by atoms with Gasteiger partial charge >= 0.3 is 5.82 Å². The van der Waals surface area contributed by atoms with Gasteiger partial charge in [0, 0.05) is 5.57 Å². The number of nitrogens with zero attached hydrogens (tertiary/aromatic N) is 2. The molecule has 1 unspecified atom stereocenters. The molecule has 0 saturated carbocycles. The minimum absolute atomic E-state index is 0.280. The lowest BCUT2D eigenvalue weighted by molar-refractivity contribution is -0.427. The summed E-state index contributed by atoms with van der Waals surface area (Å²) in [6, 6.07) is 0. The van der Waals surface area contributed by atoms with Crippen LogP contribution in [0.15, 0.2) is 40.2 Å². The zero-order valence-corrected chi connectivity index (χ0v) is 12.3. The summed E-state index contributed by atoms with van der Waals surface area (Å²) < 4.78 is -1.21. The van der Waals surface area contributed by atoms with Crippen molar-refractivity contribution in [3.05, 3.63) is 45.3 Å². The predicted molar refractivity (Wildman–Crippen MR) is 76.4 cm³/mol. The van der Waals surface area contributed by atoms with Crippen molar-refractivity contribution in [1.82, 2.24) is 5.32 Å². The highest BCUT2D eigenvalue weighted by Gasteiger charge is 2.47. The van der Waals surface area contributed by atoms with Gasteiger partial charge in [-0.05, 0) is 42.1 Å². The molecule has 0 fully saturated rings. The molecule has 1 atom stereocenters. The van der Waals surface area contributed by atoms with E-state index in [1.165, 1.54) is 18.2 Å². The van der Waals surface area contributed by atoms with Gasteiger partial charge in [0.1, 0.15) is 0 Å². The lowest BCUT2D eigenvalue weighted by atomic mass is 9.88. The minimum Gasteiger partial charge on any atom is -0.358 e. The number of likely N-dealkylation sites (N-methyl/N-ethyl adjacent to an activating group) is 1. The molecule has 0 aromatic heterocycles. The van der Waals surface area contributed by atoms with Gasteiger partial charge in [-0.25, -0.2) is 0 Å². The first-order chi connectivity index (χ1) is 8.71. The first kappa shape index (κ1) is 14.5. The van der Waals surface area contributed by atoms with Crippen LogP contribution in [-0.4, -0.2) is 27.0 Å². The first-order valence-electron chi connectivity index (χ1n) is 5.34. The first-order valence-corrected chi connectivity index (χ1v) is 6.47. The van der Waals surface area contributed by atoms with Gasteiger partial charge in [-0.2, -0.15) is 0 Å². The third-order valence-electron chi connectivity index (χ3n) is 3.04. The number of rotatable bonds is 2. The van der Waals surface area contributed by atoms with E-state index < -0.39 is 14.3 Å². The molecule has 8 heteroatoms. The van der Waals surface area contributed by atoms with E-state index in [0.29, 0.717) is 11.3 Å². The van der Waals surface area contributed by atoms with Gasteiger partial charge in [0.25, 0.3) is 0 Å². The van der Waals surface area contributed by atoms with Crippen molar-refractivity contribution in [2.75, 3.05) is 7.05 Å². The van der Waals surface area contributed by atoms with Crippen LogP contribution in [0.1, 0.15) is 6.92 Å². The highest BCUT2D eigenvalue weighted by Crippen LogP contribution is 2.42. The second kappa shape index (κ2) is 4.59. The number of hydrogen-bond acceptors (Lipinski definition) is 4. The van der Waals surface area contributed by atoms with Crippen molar-refractivity contribution in [3.8, 4) is 0 Å². The molecule has 0 aromatic carbocycles. The lowest BCUT2D eigenvalue weighted by Gasteiger charge is -2.33. The summed E-state index contributed by atoms with van der Waals surface area (Å²) in [5, 5.41) is 13.9. The zero-order chi connectivity index (χ0) is 14.4. The summed E-state index contributed by atoms with van der Waals surface area (Å²) >= 11 is 18.5. The molecule has 0 aromatic rings. The molecule has 0 spiro atoms. The Kier molecular flexibility index (Phi) is 3.51. The second-order valence-corrected chi connectivity index (χ2v) is 6.19. The van der Waals surface area contributed by atoms with E-state index in [4.69, 9.17) is 34.8 Å². The van der Waals surface area contributed by atoms with E-state index in [1.54, 1.807) is 14.0 Å². The molecular weight excluding hydrogens is 312 g/mol. The average Bonchev–Trinajstić information content (AvgIpc) is 2.33. The van der Waals surface area contributed by atoms with Gasteiger partial charge < -0.3 is 10.1 Å². The van der Waals surface area contributed by atoms with Crippen LogP contribution in [0.2, 0.25) is 0 Å². The van der Waals surface area contributed by atoms with Crippen molar-refractivity contribution in [2.24, 2.45) is 4.99 Å².